The van der Waals surface area contributed by atoms with Gasteiger partial charge in [-0.15, -0.1) is 0 Å². The molecule has 8 nitrogen and oxygen atoms in total. The van der Waals surface area contributed by atoms with E-state index in [2.05, 4.69) is 0 Å². The molecule has 0 aromatic heterocycles. The summed E-state index contributed by atoms with van der Waals surface area (Å²) in [5.41, 5.74) is 0.687. The molecule has 0 radical (unpaired) electrons. The van der Waals surface area contributed by atoms with Crippen LogP contribution in [0.4, 0.5) is 4.39 Å². The minimum atomic E-state index is -2.00. The van der Waals surface area contributed by atoms with E-state index >= 15 is 4.39 Å². The summed E-state index contributed by atoms with van der Waals surface area (Å²) in [6.45, 7) is -0.663. The molecule has 9 heteroatoms. The molecule has 0 aliphatic carbocycles. The first-order valence-corrected chi connectivity index (χ1v) is 12.6. The van der Waals surface area contributed by atoms with E-state index in [1.165, 1.54) is 12.1 Å². The van der Waals surface area contributed by atoms with Crippen molar-refractivity contribution < 1.29 is 42.8 Å². The molecule has 1 N–H and O–H groups in total. The van der Waals surface area contributed by atoms with Gasteiger partial charge in [0, 0.05) is 6.61 Å². The summed E-state index contributed by atoms with van der Waals surface area (Å²) < 4.78 is 38.5. The molecule has 0 bridgehead atoms. The molecule has 204 valence electrons. The van der Waals surface area contributed by atoms with Gasteiger partial charge in [0.2, 0.25) is 0 Å². The number of rotatable bonds is 10. The molecule has 5 atom stereocenters. The van der Waals surface area contributed by atoms with Crippen LogP contribution in [0.25, 0.3) is 0 Å². The van der Waals surface area contributed by atoms with Gasteiger partial charge in [0.25, 0.3) is 0 Å². The van der Waals surface area contributed by atoms with E-state index in [9.17, 15) is 19.5 Å². The Balaban J connectivity index is 1.59. The maximum Gasteiger partial charge on any atom is 0.338 e. The van der Waals surface area contributed by atoms with Crippen molar-refractivity contribution in [3.63, 3.8) is 0 Å². The molecular formula is C30H29FO8. The first-order valence-electron chi connectivity index (χ1n) is 12.6. The van der Waals surface area contributed by atoms with E-state index < -0.39 is 55.1 Å². The van der Waals surface area contributed by atoms with E-state index in [4.69, 9.17) is 18.9 Å². The Kier molecular flexibility index (Phi) is 9.77. The summed E-state index contributed by atoms with van der Waals surface area (Å²) >= 11 is 0. The molecule has 39 heavy (non-hydrogen) atoms. The highest BCUT2D eigenvalue weighted by atomic mass is 19.1. The third-order valence-electron chi connectivity index (χ3n) is 6.25. The lowest BCUT2D eigenvalue weighted by Crippen LogP contribution is -2.60. The van der Waals surface area contributed by atoms with Crippen molar-refractivity contribution in [1.82, 2.24) is 0 Å². The standard InChI is InChI=1S/C30H29FO8/c31-25-24(19-36-28(33)20-11-4-1-5-12-20)37-23(17-10-18-32)26(38-29(34)21-13-6-2-7-14-21)27(25)39-30(35)22-15-8-3-9-16-22/h1-9,11-16,23-27,32H,10,17-19H2/t23?,24-,25-,26+,27+/m1/s1. The van der Waals surface area contributed by atoms with Gasteiger partial charge < -0.3 is 24.1 Å². The Morgan fingerprint density at radius 3 is 1.64 bits per heavy atom. The van der Waals surface area contributed by atoms with Crippen LogP contribution in [-0.4, -0.2) is 66.8 Å². The van der Waals surface area contributed by atoms with Crippen molar-refractivity contribution in [1.29, 1.82) is 0 Å². The molecule has 1 aliphatic rings. The van der Waals surface area contributed by atoms with Crippen LogP contribution in [0.3, 0.4) is 0 Å². The summed E-state index contributed by atoms with van der Waals surface area (Å²) in [4.78, 5) is 38.3. The van der Waals surface area contributed by atoms with Gasteiger partial charge in [-0.3, -0.25) is 0 Å². The molecule has 1 saturated heterocycles. The van der Waals surface area contributed by atoms with Gasteiger partial charge in [0.15, 0.2) is 18.4 Å². The molecule has 4 rings (SSSR count). The number of hydrogen-bond donors (Lipinski definition) is 1. The van der Waals surface area contributed by atoms with Gasteiger partial charge >= 0.3 is 17.9 Å². The Labute approximate surface area is 225 Å². The van der Waals surface area contributed by atoms with Crippen LogP contribution in [0.5, 0.6) is 0 Å². The van der Waals surface area contributed by atoms with E-state index in [1.807, 2.05) is 0 Å². The third-order valence-corrected chi connectivity index (χ3v) is 6.25. The molecule has 1 heterocycles. The smallest absolute Gasteiger partial charge is 0.338 e. The molecule has 1 unspecified atom stereocenters. The predicted octanol–water partition coefficient (Wildman–Crippen LogP) is 4.17. The van der Waals surface area contributed by atoms with Crippen LogP contribution >= 0.6 is 0 Å². The summed E-state index contributed by atoms with van der Waals surface area (Å²) in [6.07, 6.45) is -6.75. The van der Waals surface area contributed by atoms with Gasteiger partial charge in [-0.25, -0.2) is 18.8 Å². The summed E-state index contributed by atoms with van der Waals surface area (Å²) in [7, 11) is 0. The second-order valence-corrected chi connectivity index (χ2v) is 8.96. The van der Waals surface area contributed by atoms with Crippen LogP contribution < -0.4 is 0 Å². The number of aliphatic hydroxyl groups excluding tert-OH is 1. The quantitative estimate of drug-likeness (QED) is 0.304. The highest BCUT2D eigenvalue weighted by Crippen LogP contribution is 2.32. The zero-order valence-corrected chi connectivity index (χ0v) is 21.1. The van der Waals surface area contributed by atoms with Crippen LogP contribution in [0.15, 0.2) is 91.0 Å². The van der Waals surface area contributed by atoms with Gasteiger partial charge in [0.05, 0.1) is 22.8 Å². The fraction of sp³-hybridized carbons (Fsp3) is 0.300. The molecular weight excluding hydrogens is 507 g/mol. The molecule has 1 fully saturated rings. The number of aliphatic hydroxyl groups is 1. The second kappa shape index (κ2) is 13.6. The summed E-state index contributed by atoms with van der Waals surface area (Å²) in [6, 6.07) is 24.3. The van der Waals surface area contributed by atoms with Crippen molar-refractivity contribution >= 4 is 17.9 Å². The Bertz CT molecular complexity index is 1220. The SMILES string of the molecule is O=C(OC[C@H]1OC(CCCO)[C@H](OC(=O)c2ccccc2)[C@@H](OC(=O)c2ccccc2)[C@@H]1F)c1ccccc1. The first kappa shape index (κ1) is 27.9. The number of hydrogen-bond acceptors (Lipinski definition) is 8. The molecule has 3 aromatic rings. The lowest BCUT2D eigenvalue weighted by atomic mass is 9.93. The zero-order valence-electron chi connectivity index (χ0n) is 21.1. The maximum atomic E-state index is 16.0. The minimum absolute atomic E-state index is 0.165. The Hall–Kier alpha value is -4.08. The third kappa shape index (κ3) is 7.28. The molecule has 0 spiro atoms. The Morgan fingerprint density at radius 1 is 0.692 bits per heavy atom. The summed E-state index contributed by atoms with van der Waals surface area (Å²) in [5.74, 6) is -2.24. The fourth-order valence-corrected chi connectivity index (χ4v) is 4.26. The summed E-state index contributed by atoms with van der Waals surface area (Å²) in [5, 5.41) is 9.43. The fourth-order valence-electron chi connectivity index (χ4n) is 4.26. The number of ether oxygens (including phenoxy) is 4. The van der Waals surface area contributed by atoms with Crippen LogP contribution in [0.1, 0.15) is 43.9 Å². The van der Waals surface area contributed by atoms with Crippen molar-refractivity contribution in [3.8, 4) is 0 Å². The predicted molar refractivity (Wildman–Crippen MR) is 138 cm³/mol. The molecule has 0 saturated carbocycles. The van der Waals surface area contributed by atoms with Gasteiger partial charge in [-0.1, -0.05) is 54.6 Å². The molecule has 3 aromatic carbocycles. The van der Waals surface area contributed by atoms with Crippen LogP contribution in [0, 0.1) is 0 Å². The van der Waals surface area contributed by atoms with E-state index in [-0.39, 0.29) is 36.1 Å². The van der Waals surface area contributed by atoms with E-state index in [1.54, 1.807) is 78.9 Å². The molecule has 1 aliphatic heterocycles. The average Bonchev–Trinajstić information content (AvgIpc) is 2.99. The van der Waals surface area contributed by atoms with Gasteiger partial charge in [-0.05, 0) is 49.2 Å². The number of benzene rings is 3. The number of carbonyl (C=O) groups excluding carboxylic acids is 3. The van der Waals surface area contributed by atoms with Gasteiger partial charge in [-0.2, -0.15) is 0 Å². The molecule has 0 amide bonds. The lowest BCUT2D eigenvalue weighted by molar-refractivity contribution is -0.213. The minimum Gasteiger partial charge on any atom is -0.459 e. The number of alkyl halides is 1. The topological polar surface area (TPSA) is 108 Å². The number of halogens is 1. The van der Waals surface area contributed by atoms with E-state index in [0.717, 1.165) is 0 Å². The second-order valence-electron chi connectivity index (χ2n) is 8.96. The highest BCUT2D eigenvalue weighted by Gasteiger charge is 2.51. The van der Waals surface area contributed by atoms with Crippen molar-refractivity contribution in [3.05, 3.63) is 108 Å². The van der Waals surface area contributed by atoms with Crippen LogP contribution in [-0.2, 0) is 18.9 Å². The van der Waals surface area contributed by atoms with E-state index in [0.29, 0.717) is 0 Å². The zero-order chi connectivity index (χ0) is 27.6. The Morgan fingerprint density at radius 2 is 1.15 bits per heavy atom. The largest absolute Gasteiger partial charge is 0.459 e. The van der Waals surface area contributed by atoms with Crippen molar-refractivity contribution in [2.45, 2.75) is 43.4 Å². The number of esters is 3. The maximum absolute atomic E-state index is 16.0. The number of carbonyl (C=O) groups is 3. The van der Waals surface area contributed by atoms with Crippen LogP contribution in [0.2, 0.25) is 0 Å². The van der Waals surface area contributed by atoms with Crippen molar-refractivity contribution in [2.24, 2.45) is 0 Å². The normalized spacial score (nSPS) is 22.5. The lowest BCUT2D eigenvalue weighted by Gasteiger charge is -2.42. The van der Waals surface area contributed by atoms with Gasteiger partial charge in [0.1, 0.15) is 12.7 Å². The monoisotopic (exact) mass is 536 g/mol. The average molecular weight is 537 g/mol. The van der Waals surface area contributed by atoms with Crippen molar-refractivity contribution in [2.75, 3.05) is 13.2 Å². The highest BCUT2D eigenvalue weighted by molar-refractivity contribution is 5.90. The first-order chi connectivity index (χ1) is 19.0.